The van der Waals surface area contributed by atoms with Crippen molar-refractivity contribution in [3.63, 3.8) is 0 Å². The zero-order chi connectivity index (χ0) is 6.62. The number of rotatable bonds is 3. The molecule has 1 radical (unpaired) electrons. The second-order valence-electron chi connectivity index (χ2n) is 2.24. The van der Waals surface area contributed by atoms with Crippen molar-refractivity contribution in [3.8, 4) is 0 Å². The fraction of sp³-hybridized carbons (Fsp3) is 1.00. The molecule has 0 aliphatic rings. The minimum Gasteiger partial charge on any atom is -0.396 e. The molecule has 0 heterocycles. The summed E-state index contributed by atoms with van der Waals surface area (Å²) >= 11 is 6.60. The number of hydrogen-bond donors (Lipinski definition) is 1. The van der Waals surface area contributed by atoms with Crippen molar-refractivity contribution >= 4 is 31.9 Å². The van der Waals surface area contributed by atoms with Crippen molar-refractivity contribution in [2.24, 2.45) is 5.41 Å². The zero-order valence-corrected chi connectivity index (χ0v) is 13.3. The number of hydrogen-bond acceptors (Lipinski definition) is 1. The van der Waals surface area contributed by atoms with E-state index in [9.17, 15) is 0 Å². The Labute approximate surface area is 109 Å². The van der Waals surface area contributed by atoms with Crippen LogP contribution in [0.4, 0.5) is 0 Å². The molecule has 0 aromatic rings. The van der Waals surface area contributed by atoms with Gasteiger partial charge in [-0.05, 0) is 0 Å². The molecule has 0 atom stereocenters. The van der Waals surface area contributed by atoms with Crippen LogP contribution in [0, 0.1) is 49.5 Å². The molecular weight excluding hydrogens is 463 g/mol. The third kappa shape index (κ3) is 5.61. The Morgan fingerprint density at radius 2 is 1.67 bits per heavy atom. The van der Waals surface area contributed by atoms with Crippen LogP contribution in [0.15, 0.2) is 0 Å². The van der Waals surface area contributed by atoms with Crippen molar-refractivity contribution < 1.29 is 49.2 Å². The van der Waals surface area contributed by atoms with Gasteiger partial charge in [0, 0.05) is 60.1 Å². The van der Waals surface area contributed by atoms with E-state index in [1.165, 1.54) is 0 Å². The molecule has 0 aromatic heterocycles. The summed E-state index contributed by atoms with van der Waals surface area (Å²) in [4.78, 5) is 0. The Morgan fingerprint density at radius 1 is 1.33 bits per heavy atom. The van der Waals surface area contributed by atoms with E-state index < -0.39 is 0 Å². The monoisotopic (exact) mass is 471 g/mol. The molecule has 1 N–H and O–H groups in total. The first-order valence-electron chi connectivity index (χ1n) is 2.41. The molecule has 1 nitrogen and oxygen atoms in total. The van der Waals surface area contributed by atoms with Gasteiger partial charge in [0.25, 0.3) is 0 Å². The molecule has 4 heteroatoms. The van der Waals surface area contributed by atoms with Crippen LogP contribution in [0.25, 0.3) is 0 Å². The van der Waals surface area contributed by atoms with Gasteiger partial charge in [0.15, 0.2) is 0 Å². The van der Waals surface area contributed by atoms with Crippen LogP contribution in [0.2, 0.25) is 0 Å². The maximum Gasteiger partial charge on any atom is 0.0500 e. The topological polar surface area (TPSA) is 20.2 Å². The van der Waals surface area contributed by atoms with Crippen LogP contribution in [0.3, 0.4) is 0 Å². The van der Waals surface area contributed by atoms with E-state index in [-0.39, 0.29) is 56.1 Å². The zero-order valence-electron chi connectivity index (χ0n) is 5.40. The van der Waals surface area contributed by atoms with E-state index in [0.717, 1.165) is 10.7 Å². The van der Waals surface area contributed by atoms with Crippen molar-refractivity contribution in [1.82, 2.24) is 0 Å². The second-order valence-corrected chi connectivity index (χ2v) is 3.36. The van der Waals surface area contributed by atoms with E-state index >= 15 is 0 Å². The summed E-state index contributed by atoms with van der Waals surface area (Å²) in [7, 11) is 0. The molecule has 0 amide bonds. The van der Waals surface area contributed by atoms with Crippen LogP contribution in [0.5, 0.6) is 0 Å². The van der Waals surface area contributed by atoms with Gasteiger partial charge in [0.1, 0.15) is 0 Å². The van der Waals surface area contributed by atoms with Gasteiger partial charge in [-0.25, -0.2) is 0 Å². The number of halogens is 2. The molecule has 0 aliphatic heterocycles. The van der Waals surface area contributed by atoms with Crippen LogP contribution >= 0.6 is 31.9 Å². The summed E-state index contributed by atoms with van der Waals surface area (Å²) in [5, 5.41) is 10.4. The summed E-state index contributed by atoms with van der Waals surface area (Å²) in [5.74, 6) is 0. The number of aliphatic hydroxyl groups is 1. The minimum atomic E-state index is 0. The van der Waals surface area contributed by atoms with Gasteiger partial charge in [-0.3, -0.25) is 0 Å². The molecule has 53 valence electrons. The molecule has 0 spiro atoms. The van der Waals surface area contributed by atoms with E-state index in [4.69, 9.17) is 5.11 Å². The molecule has 0 saturated carbocycles. The Bertz CT molecular complexity index is 57.7. The van der Waals surface area contributed by atoms with Gasteiger partial charge in [0.2, 0.25) is 0 Å². The normalized spacial score (nSPS) is 10.7. The Morgan fingerprint density at radius 3 is 1.67 bits per heavy atom. The molecule has 0 bridgehead atoms. The van der Waals surface area contributed by atoms with E-state index in [0.29, 0.717) is 0 Å². The molecular formula is C5H10AcBr2O. The van der Waals surface area contributed by atoms with Gasteiger partial charge in [0.05, 0.1) is 6.61 Å². The largest absolute Gasteiger partial charge is 0.396 e. The summed E-state index contributed by atoms with van der Waals surface area (Å²) in [6.45, 7) is 2.24. The maximum absolute atomic E-state index is 8.73. The summed E-state index contributed by atoms with van der Waals surface area (Å²) in [6.07, 6.45) is 0. The second kappa shape index (κ2) is 7.03. The fourth-order valence-electron chi connectivity index (χ4n) is 0.120. The average molecular weight is 473 g/mol. The van der Waals surface area contributed by atoms with Gasteiger partial charge in [-0.2, -0.15) is 0 Å². The Balaban J connectivity index is 0. The third-order valence-electron chi connectivity index (χ3n) is 1.03. The summed E-state index contributed by atoms with van der Waals surface area (Å²) in [6, 6.07) is 0. The Hall–Kier alpha value is 2.36. The average Bonchev–Trinajstić information content (AvgIpc) is 1.87. The smallest absolute Gasteiger partial charge is 0.0500 e. The summed E-state index contributed by atoms with van der Waals surface area (Å²) < 4.78 is 0. The predicted molar refractivity (Wildman–Crippen MR) is 42.8 cm³/mol. The van der Waals surface area contributed by atoms with Gasteiger partial charge < -0.3 is 5.11 Å². The quantitative estimate of drug-likeness (QED) is 0.621. The van der Waals surface area contributed by atoms with Gasteiger partial charge in [-0.1, -0.05) is 38.8 Å². The first-order valence-corrected chi connectivity index (χ1v) is 4.65. The van der Waals surface area contributed by atoms with Crippen molar-refractivity contribution in [2.45, 2.75) is 6.92 Å². The van der Waals surface area contributed by atoms with Crippen molar-refractivity contribution in [3.05, 3.63) is 0 Å². The minimum absolute atomic E-state index is 0. The van der Waals surface area contributed by atoms with E-state index in [1.54, 1.807) is 0 Å². The van der Waals surface area contributed by atoms with Crippen LogP contribution in [-0.2, 0) is 0 Å². The van der Waals surface area contributed by atoms with Gasteiger partial charge in [-0.15, -0.1) is 0 Å². The van der Waals surface area contributed by atoms with Crippen molar-refractivity contribution in [2.75, 3.05) is 17.3 Å². The van der Waals surface area contributed by atoms with Gasteiger partial charge >= 0.3 is 0 Å². The molecule has 0 fully saturated rings. The number of aliphatic hydroxyl groups excluding tert-OH is 1. The molecule has 0 aliphatic carbocycles. The SMILES string of the molecule is CC(CO)(CBr)CBr.[Ac]. The van der Waals surface area contributed by atoms with Crippen LogP contribution in [-0.4, -0.2) is 22.4 Å². The fourth-order valence-corrected chi connectivity index (χ4v) is 1.40. The molecule has 0 unspecified atom stereocenters. The molecule has 0 aromatic carbocycles. The predicted octanol–water partition coefficient (Wildman–Crippen LogP) is 1.77. The van der Waals surface area contributed by atoms with E-state index in [1.807, 2.05) is 6.92 Å². The first kappa shape index (κ1) is 13.9. The molecule has 0 saturated heterocycles. The van der Waals surface area contributed by atoms with Crippen LogP contribution in [0.1, 0.15) is 6.92 Å². The molecule has 0 rings (SSSR count). The summed E-state index contributed by atoms with van der Waals surface area (Å²) in [5.41, 5.74) is 0.0139. The van der Waals surface area contributed by atoms with Crippen LogP contribution < -0.4 is 0 Å². The maximum atomic E-state index is 8.73. The molecule has 9 heavy (non-hydrogen) atoms. The van der Waals surface area contributed by atoms with Crippen molar-refractivity contribution in [1.29, 1.82) is 0 Å². The van der Waals surface area contributed by atoms with E-state index in [2.05, 4.69) is 31.9 Å². The Kier molecular flexibility index (Phi) is 10.9. The number of alkyl halides is 2. The standard InChI is InChI=1S/C5H10Br2O.Ac/c1-5(2-6,3-7)4-8;/h8H,2-4H2,1H3;. The third-order valence-corrected chi connectivity index (χ3v) is 3.73. The first-order chi connectivity index (χ1) is 3.68.